The highest BCUT2D eigenvalue weighted by molar-refractivity contribution is 5.97. The summed E-state index contributed by atoms with van der Waals surface area (Å²) in [6.45, 7) is 0. The molecular formula is C25H30. The van der Waals surface area contributed by atoms with E-state index in [0.717, 1.165) is 11.8 Å². The molecule has 25 heavy (non-hydrogen) atoms. The summed E-state index contributed by atoms with van der Waals surface area (Å²) in [6, 6.07) is 9.05. The van der Waals surface area contributed by atoms with Gasteiger partial charge < -0.3 is 0 Å². The Labute approximate surface area is 152 Å². The van der Waals surface area contributed by atoms with Crippen LogP contribution in [0.4, 0.5) is 0 Å². The molecule has 0 amide bonds. The molecule has 2 fully saturated rings. The summed E-state index contributed by atoms with van der Waals surface area (Å²) in [4.78, 5) is 0. The van der Waals surface area contributed by atoms with Crippen molar-refractivity contribution >= 4 is 11.6 Å². The quantitative estimate of drug-likeness (QED) is 0.538. The zero-order valence-corrected chi connectivity index (χ0v) is 15.3. The van der Waals surface area contributed by atoms with Gasteiger partial charge in [-0.1, -0.05) is 81.0 Å². The summed E-state index contributed by atoms with van der Waals surface area (Å²) >= 11 is 0. The van der Waals surface area contributed by atoms with Gasteiger partial charge >= 0.3 is 0 Å². The third kappa shape index (κ3) is 2.40. The monoisotopic (exact) mass is 330 g/mol. The fourth-order valence-corrected chi connectivity index (χ4v) is 6.38. The molecule has 0 saturated heterocycles. The maximum atomic E-state index is 2.65. The molecule has 1 aromatic carbocycles. The van der Waals surface area contributed by atoms with Crippen molar-refractivity contribution < 1.29 is 0 Å². The van der Waals surface area contributed by atoms with E-state index in [1.807, 2.05) is 0 Å². The molecule has 4 aliphatic rings. The third-order valence-corrected chi connectivity index (χ3v) is 7.50. The lowest BCUT2D eigenvalue weighted by atomic mass is 9.53. The summed E-state index contributed by atoms with van der Waals surface area (Å²) in [6.07, 6.45) is 24.4. The minimum Gasteiger partial charge on any atom is -0.0733 e. The summed E-state index contributed by atoms with van der Waals surface area (Å²) in [5, 5.41) is 0. The minimum atomic E-state index is 0.309. The fourth-order valence-electron chi connectivity index (χ4n) is 6.38. The molecule has 0 atom stereocenters. The zero-order valence-electron chi connectivity index (χ0n) is 15.3. The minimum absolute atomic E-state index is 0.309. The van der Waals surface area contributed by atoms with Crippen molar-refractivity contribution in [3.63, 3.8) is 0 Å². The topological polar surface area (TPSA) is 0 Å². The van der Waals surface area contributed by atoms with Crippen LogP contribution in [-0.2, 0) is 0 Å². The van der Waals surface area contributed by atoms with Crippen LogP contribution in [0.3, 0.4) is 0 Å². The molecule has 4 aliphatic carbocycles. The lowest BCUT2D eigenvalue weighted by Gasteiger charge is -2.50. The highest BCUT2D eigenvalue weighted by Gasteiger charge is 2.49. The molecule has 0 aromatic heterocycles. The Morgan fingerprint density at radius 3 is 2.08 bits per heavy atom. The number of hydrogen-bond acceptors (Lipinski definition) is 0. The van der Waals surface area contributed by atoms with Crippen molar-refractivity contribution in [1.82, 2.24) is 0 Å². The standard InChI is InChI=1S/C25H30/c1-3-11-20(12-4-1)25(21-13-5-2-6-14-21)17-9-16-23-22-15-8-7-10-19(22)18-24(23)25/h7-10,15-18,20-21H,1-6,11-14H2. The zero-order chi connectivity index (χ0) is 16.7. The van der Waals surface area contributed by atoms with Crippen LogP contribution in [0.15, 0.2) is 48.1 Å². The summed E-state index contributed by atoms with van der Waals surface area (Å²) < 4.78 is 0. The maximum Gasteiger partial charge on any atom is 0.0198 e. The first kappa shape index (κ1) is 15.7. The van der Waals surface area contributed by atoms with Gasteiger partial charge in [0.25, 0.3) is 0 Å². The number of benzene rings is 1. The molecule has 130 valence electrons. The largest absolute Gasteiger partial charge is 0.0733 e. The fraction of sp³-hybridized carbons (Fsp3) is 0.520. The first-order valence-corrected chi connectivity index (χ1v) is 10.6. The molecule has 0 spiro atoms. The second-order valence-electron chi connectivity index (χ2n) is 8.69. The second-order valence-corrected chi connectivity index (χ2v) is 8.69. The normalized spacial score (nSPS) is 25.9. The second kappa shape index (κ2) is 6.31. The van der Waals surface area contributed by atoms with Crippen LogP contribution in [-0.4, -0.2) is 0 Å². The molecule has 0 N–H and O–H groups in total. The van der Waals surface area contributed by atoms with Gasteiger partial charge in [-0.05, 0) is 65.9 Å². The highest BCUT2D eigenvalue weighted by atomic mass is 14.5. The smallest absolute Gasteiger partial charge is 0.0198 e. The number of allylic oxidation sites excluding steroid dienone is 5. The molecular weight excluding hydrogens is 300 g/mol. The van der Waals surface area contributed by atoms with Crippen LogP contribution in [0.25, 0.3) is 11.6 Å². The average molecular weight is 331 g/mol. The number of fused-ring (bicyclic) bond motifs is 3. The van der Waals surface area contributed by atoms with Gasteiger partial charge in [0.2, 0.25) is 0 Å². The molecule has 0 bridgehead atoms. The van der Waals surface area contributed by atoms with E-state index in [2.05, 4.69) is 48.6 Å². The van der Waals surface area contributed by atoms with Crippen LogP contribution >= 0.6 is 0 Å². The Morgan fingerprint density at radius 1 is 0.760 bits per heavy atom. The third-order valence-electron chi connectivity index (χ3n) is 7.50. The predicted octanol–water partition coefficient (Wildman–Crippen LogP) is 7.18. The molecule has 2 saturated carbocycles. The first-order chi connectivity index (χ1) is 12.4. The van der Waals surface area contributed by atoms with Crippen molar-refractivity contribution in [2.75, 3.05) is 0 Å². The van der Waals surface area contributed by atoms with Crippen molar-refractivity contribution in [1.29, 1.82) is 0 Å². The Kier molecular flexibility index (Phi) is 3.95. The molecule has 5 rings (SSSR count). The number of rotatable bonds is 2. The van der Waals surface area contributed by atoms with E-state index in [0.29, 0.717) is 5.41 Å². The van der Waals surface area contributed by atoms with Gasteiger partial charge in [-0.15, -0.1) is 0 Å². The van der Waals surface area contributed by atoms with Gasteiger partial charge in [0.05, 0.1) is 0 Å². The van der Waals surface area contributed by atoms with Crippen LogP contribution < -0.4 is 0 Å². The Morgan fingerprint density at radius 2 is 1.40 bits per heavy atom. The van der Waals surface area contributed by atoms with E-state index in [-0.39, 0.29) is 0 Å². The van der Waals surface area contributed by atoms with Crippen LogP contribution in [0.5, 0.6) is 0 Å². The van der Waals surface area contributed by atoms with Gasteiger partial charge in [0.15, 0.2) is 0 Å². The van der Waals surface area contributed by atoms with Crippen LogP contribution in [0.1, 0.15) is 75.3 Å². The molecule has 0 heteroatoms. The van der Waals surface area contributed by atoms with Gasteiger partial charge in [-0.2, -0.15) is 0 Å². The van der Waals surface area contributed by atoms with Crippen LogP contribution in [0, 0.1) is 17.3 Å². The molecule has 0 nitrogen and oxygen atoms in total. The Bertz CT molecular complexity index is 715. The molecule has 0 aliphatic heterocycles. The van der Waals surface area contributed by atoms with E-state index in [1.54, 1.807) is 5.57 Å². The highest BCUT2D eigenvalue weighted by Crippen LogP contribution is 2.60. The van der Waals surface area contributed by atoms with Gasteiger partial charge in [-0.25, -0.2) is 0 Å². The lowest BCUT2D eigenvalue weighted by Crippen LogP contribution is -2.41. The molecule has 0 radical (unpaired) electrons. The molecule has 0 unspecified atom stereocenters. The average Bonchev–Trinajstić information content (AvgIpc) is 3.08. The predicted molar refractivity (Wildman–Crippen MR) is 107 cm³/mol. The maximum absolute atomic E-state index is 2.65. The van der Waals surface area contributed by atoms with E-state index in [4.69, 9.17) is 0 Å². The summed E-state index contributed by atoms with van der Waals surface area (Å²) in [7, 11) is 0. The van der Waals surface area contributed by atoms with Gasteiger partial charge in [0, 0.05) is 5.41 Å². The van der Waals surface area contributed by atoms with Crippen molar-refractivity contribution in [2.24, 2.45) is 17.3 Å². The van der Waals surface area contributed by atoms with E-state index >= 15 is 0 Å². The van der Waals surface area contributed by atoms with Gasteiger partial charge in [0.1, 0.15) is 0 Å². The molecule has 1 aromatic rings. The number of hydrogen-bond donors (Lipinski definition) is 0. The lowest BCUT2D eigenvalue weighted by molar-refractivity contribution is 0.108. The van der Waals surface area contributed by atoms with Crippen molar-refractivity contribution in [3.05, 3.63) is 59.2 Å². The van der Waals surface area contributed by atoms with Crippen LogP contribution in [0.2, 0.25) is 0 Å². The summed E-state index contributed by atoms with van der Waals surface area (Å²) in [5.41, 5.74) is 6.44. The van der Waals surface area contributed by atoms with E-state index < -0.39 is 0 Å². The SMILES string of the molecule is C1=CC(C2CCCCC2)(C2CCCCC2)C2=Cc3ccccc3C2=C1. The Balaban J connectivity index is 1.63. The van der Waals surface area contributed by atoms with E-state index in [1.165, 1.54) is 80.9 Å². The van der Waals surface area contributed by atoms with Gasteiger partial charge in [-0.3, -0.25) is 0 Å². The summed E-state index contributed by atoms with van der Waals surface area (Å²) in [5.74, 6) is 1.70. The first-order valence-electron chi connectivity index (χ1n) is 10.6. The van der Waals surface area contributed by atoms with E-state index in [9.17, 15) is 0 Å². The van der Waals surface area contributed by atoms with Crippen molar-refractivity contribution in [3.8, 4) is 0 Å². The Hall–Kier alpha value is -1.56. The molecule has 0 heterocycles. The van der Waals surface area contributed by atoms with Crippen molar-refractivity contribution in [2.45, 2.75) is 64.2 Å².